The molecule has 1 aromatic rings. The van der Waals surface area contributed by atoms with Gasteiger partial charge in [-0.2, -0.15) is 0 Å². The van der Waals surface area contributed by atoms with Gasteiger partial charge < -0.3 is 14.8 Å². The summed E-state index contributed by atoms with van der Waals surface area (Å²) in [5.41, 5.74) is 1.72. The second kappa shape index (κ2) is 5.61. The van der Waals surface area contributed by atoms with Crippen LogP contribution in [-0.2, 0) is 4.74 Å². The highest BCUT2D eigenvalue weighted by Gasteiger charge is 2.31. The minimum atomic E-state index is -0.109. The molecule has 0 spiro atoms. The number of amides is 1. The maximum Gasteiger partial charge on any atom is 0.255 e. The zero-order valence-corrected chi connectivity index (χ0v) is 11.9. The molecule has 4 heteroatoms. The number of benzene rings is 1. The van der Waals surface area contributed by atoms with Gasteiger partial charge in [0.15, 0.2) is 0 Å². The van der Waals surface area contributed by atoms with Crippen molar-refractivity contribution in [3.63, 3.8) is 0 Å². The molecule has 0 aliphatic carbocycles. The Bertz CT molecular complexity index is 472. The van der Waals surface area contributed by atoms with Gasteiger partial charge in [0, 0.05) is 24.6 Å². The van der Waals surface area contributed by atoms with E-state index >= 15 is 0 Å². The molecular weight excluding hydrogens is 242 g/mol. The number of rotatable bonds is 4. The van der Waals surface area contributed by atoms with Gasteiger partial charge in [0.25, 0.3) is 5.91 Å². The summed E-state index contributed by atoms with van der Waals surface area (Å²) in [5.74, 6) is 0.937. The average Bonchev–Trinajstić information content (AvgIpc) is 2.65. The van der Waals surface area contributed by atoms with Crippen LogP contribution in [0.1, 0.15) is 42.6 Å². The Kier molecular flexibility index (Phi) is 4.10. The molecule has 1 heterocycles. The molecule has 4 nitrogen and oxygen atoms in total. The van der Waals surface area contributed by atoms with Crippen molar-refractivity contribution in [2.24, 2.45) is 0 Å². The molecule has 0 radical (unpaired) electrons. The monoisotopic (exact) mass is 263 g/mol. The third-order valence-corrected chi connectivity index (χ3v) is 3.58. The minimum absolute atomic E-state index is 0.0235. The third-order valence-electron chi connectivity index (χ3n) is 3.58. The van der Waals surface area contributed by atoms with Crippen molar-refractivity contribution in [3.8, 4) is 5.75 Å². The highest BCUT2D eigenvalue weighted by Crippen LogP contribution is 2.40. The molecule has 1 aromatic carbocycles. The lowest BCUT2D eigenvalue weighted by molar-refractivity contribution is 0.0900. The summed E-state index contributed by atoms with van der Waals surface area (Å²) < 4.78 is 10.8. The summed E-state index contributed by atoms with van der Waals surface area (Å²) in [7, 11) is 1.62. The standard InChI is InChI=1S/C15H21NO3/c1-9(8-18-4)16-15(17)13-7-5-6-12-10(2)11(3)19-14(12)13/h5-7,9-11H,8H2,1-4H3,(H,16,17)/t9-,10+,11+/m0/s1. The molecule has 19 heavy (non-hydrogen) atoms. The van der Waals surface area contributed by atoms with Gasteiger partial charge in [-0.3, -0.25) is 4.79 Å². The van der Waals surface area contributed by atoms with Crippen molar-refractivity contribution < 1.29 is 14.3 Å². The predicted molar refractivity (Wildman–Crippen MR) is 73.8 cm³/mol. The summed E-state index contributed by atoms with van der Waals surface area (Å²) in [5, 5.41) is 2.91. The molecule has 0 saturated carbocycles. The van der Waals surface area contributed by atoms with E-state index < -0.39 is 0 Å². The Morgan fingerprint density at radius 2 is 2.21 bits per heavy atom. The van der Waals surface area contributed by atoms with E-state index in [1.54, 1.807) is 13.2 Å². The summed E-state index contributed by atoms with van der Waals surface area (Å²) in [4.78, 5) is 12.3. The highest BCUT2D eigenvalue weighted by atomic mass is 16.5. The van der Waals surface area contributed by atoms with Crippen LogP contribution in [0.2, 0.25) is 0 Å². The topological polar surface area (TPSA) is 47.6 Å². The maximum absolute atomic E-state index is 12.3. The van der Waals surface area contributed by atoms with E-state index in [9.17, 15) is 4.79 Å². The molecule has 0 aromatic heterocycles. The van der Waals surface area contributed by atoms with Gasteiger partial charge in [-0.15, -0.1) is 0 Å². The third kappa shape index (κ3) is 2.73. The molecule has 1 aliphatic rings. The summed E-state index contributed by atoms with van der Waals surface area (Å²) in [6, 6.07) is 5.72. The Balaban J connectivity index is 2.21. The number of para-hydroxylation sites is 1. The molecule has 1 aliphatic heterocycles. The van der Waals surface area contributed by atoms with Gasteiger partial charge in [0.2, 0.25) is 0 Å². The fourth-order valence-electron chi connectivity index (χ4n) is 2.36. The average molecular weight is 263 g/mol. The number of methoxy groups -OCH3 is 1. The molecule has 1 amide bonds. The lowest BCUT2D eigenvalue weighted by Crippen LogP contribution is -2.35. The molecule has 0 unspecified atom stereocenters. The van der Waals surface area contributed by atoms with Gasteiger partial charge in [-0.1, -0.05) is 19.1 Å². The van der Waals surface area contributed by atoms with Gasteiger partial charge >= 0.3 is 0 Å². The van der Waals surface area contributed by atoms with Crippen LogP contribution in [0.15, 0.2) is 18.2 Å². The van der Waals surface area contributed by atoms with Crippen molar-refractivity contribution in [2.75, 3.05) is 13.7 Å². The number of ether oxygens (including phenoxy) is 2. The van der Waals surface area contributed by atoms with Gasteiger partial charge in [0.05, 0.1) is 12.2 Å². The van der Waals surface area contributed by atoms with Crippen LogP contribution in [0.4, 0.5) is 0 Å². The first-order chi connectivity index (χ1) is 9.04. The first-order valence-electron chi connectivity index (χ1n) is 6.64. The molecule has 3 atom stereocenters. The first kappa shape index (κ1) is 13.9. The molecule has 0 saturated heterocycles. The van der Waals surface area contributed by atoms with E-state index in [1.807, 2.05) is 26.0 Å². The van der Waals surface area contributed by atoms with Crippen molar-refractivity contribution in [2.45, 2.75) is 38.8 Å². The second-order valence-electron chi connectivity index (χ2n) is 5.17. The van der Waals surface area contributed by atoms with Gasteiger partial charge in [-0.05, 0) is 19.9 Å². The quantitative estimate of drug-likeness (QED) is 0.907. The van der Waals surface area contributed by atoms with Gasteiger partial charge in [-0.25, -0.2) is 0 Å². The van der Waals surface area contributed by atoms with E-state index in [2.05, 4.69) is 12.2 Å². The number of hydrogen-bond acceptors (Lipinski definition) is 3. The van der Waals surface area contributed by atoms with E-state index in [0.29, 0.717) is 18.1 Å². The van der Waals surface area contributed by atoms with Gasteiger partial charge in [0.1, 0.15) is 11.9 Å². The Labute approximate surface area is 114 Å². The smallest absolute Gasteiger partial charge is 0.255 e. The number of hydrogen-bond donors (Lipinski definition) is 1. The number of fused-ring (bicyclic) bond motifs is 1. The van der Waals surface area contributed by atoms with E-state index in [0.717, 1.165) is 11.3 Å². The Hall–Kier alpha value is -1.55. The molecule has 0 fully saturated rings. The normalized spacial score (nSPS) is 22.5. The van der Waals surface area contributed by atoms with Crippen molar-refractivity contribution >= 4 is 5.91 Å². The van der Waals surface area contributed by atoms with Crippen LogP contribution in [0, 0.1) is 0 Å². The molecule has 104 valence electrons. The van der Waals surface area contributed by atoms with Crippen molar-refractivity contribution in [1.29, 1.82) is 0 Å². The van der Waals surface area contributed by atoms with Crippen molar-refractivity contribution in [3.05, 3.63) is 29.3 Å². The molecular formula is C15H21NO3. The lowest BCUT2D eigenvalue weighted by atomic mass is 9.97. The Morgan fingerprint density at radius 1 is 1.47 bits per heavy atom. The van der Waals surface area contributed by atoms with E-state index in [4.69, 9.17) is 9.47 Å². The van der Waals surface area contributed by atoms with E-state index in [1.165, 1.54) is 0 Å². The summed E-state index contributed by atoms with van der Waals surface area (Å²) in [6.45, 7) is 6.55. The predicted octanol–water partition coefficient (Wildman–Crippen LogP) is 2.34. The summed E-state index contributed by atoms with van der Waals surface area (Å²) >= 11 is 0. The molecule has 0 bridgehead atoms. The fourth-order valence-corrected chi connectivity index (χ4v) is 2.36. The van der Waals surface area contributed by atoms with E-state index in [-0.39, 0.29) is 18.1 Å². The zero-order chi connectivity index (χ0) is 14.0. The zero-order valence-electron chi connectivity index (χ0n) is 11.9. The number of nitrogens with one attached hydrogen (secondary N) is 1. The maximum atomic E-state index is 12.3. The van der Waals surface area contributed by atoms with Crippen molar-refractivity contribution in [1.82, 2.24) is 5.32 Å². The second-order valence-corrected chi connectivity index (χ2v) is 5.17. The molecule has 2 rings (SSSR count). The highest BCUT2D eigenvalue weighted by molar-refractivity contribution is 5.97. The Morgan fingerprint density at radius 3 is 2.89 bits per heavy atom. The largest absolute Gasteiger partial charge is 0.489 e. The van der Waals surface area contributed by atoms with Crippen LogP contribution >= 0.6 is 0 Å². The van der Waals surface area contributed by atoms with Crippen LogP contribution in [0.25, 0.3) is 0 Å². The van der Waals surface area contributed by atoms with Crippen LogP contribution in [0.3, 0.4) is 0 Å². The SMILES string of the molecule is COC[C@H](C)NC(=O)c1cccc2c1O[C@H](C)[C@H]2C. The summed E-state index contributed by atoms with van der Waals surface area (Å²) in [6.07, 6.45) is 0.111. The number of carbonyl (C=O) groups is 1. The van der Waals surface area contributed by atoms with Crippen LogP contribution < -0.4 is 10.1 Å². The first-order valence-corrected chi connectivity index (χ1v) is 6.64. The number of carbonyl (C=O) groups excluding carboxylic acids is 1. The van der Waals surface area contributed by atoms with Crippen LogP contribution in [-0.4, -0.2) is 31.8 Å². The molecule has 1 N–H and O–H groups in total. The lowest BCUT2D eigenvalue weighted by Gasteiger charge is -2.14. The fraction of sp³-hybridized carbons (Fsp3) is 0.533. The minimum Gasteiger partial charge on any atom is -0.489 e. The van der Waals surface area contributed by atoms with Crippen LogP contribution in [0.5, 0.6) is 5.75 Å².